The van der Waals surface area contributed by atoms with Crippen LogP contribution in [-0.4, -0.2) is 49.2 Å². The second-order valence-corrected chi connectivity index (χ2v) is 9.65. The van der Waals surface area contributed by atoms with Crippen LogP contribution in [0.25, 0.3) is 10.9 Å². The zero-order valence-electron chi connectivity index (χ0n) is 21.5. The number of anilines is 1. The first-order valence-corrected chi connectivity index (χ1v) is 12.0. The number of hydrogen-bond donors (Lipinski definition) is 1. The maximum absolute atomic E-state index is 13.7. The van der Waals surface area contributed by atoms with Gasteiger partial charge in [0.2, 0.25) is 11.7 Å². The lowest BCUT2D eigenvalue weighted by atomic mass is 9.84. The average Bonchev–Trinajstić information content (AvgIpc) is 3.32. The van der Waals surface area contributed by atoms with Crippen LogP contribution < -0.4 is 19.5 Å². The van der Waals surface area contributed by atoms with Gasteiger partial charge in [0.05, 0.1) is 39.0 Å². The lowest BCUT2D eigenvalue weighted by molar-refractivity contribution is -0.139. The van der Waals surface area contributed by atoms with Crippen molar-refractivity contribution in [2.45, 2.75) is 33.2 Å². The van der Waals surface area contributed by atoms with Crippen molar-refractivity contribution >= 4 is 28.4 Å². The minimum absolute atomic E-state index is 0.205. The fraction of sp³-hybridized carbons (Fsp3) is 0.357. The van der Waals surface area contributed by atoms with Gasteiger partial charge in [-0.05, 0) is 41.3 Å². The van der Waals surface area contributed by atoms with E-state index in [4.69, 9.17) is 14.2 Å². The quantitative estimate of drug-likeness (QED) is 0.548. The standard InChI is InChI=1S/C28H31N3O5/c1-15(2)12-30-13-18-24(17-10-22(34-4)27(36-6)23(11-17)35-5)26-20(14-31(16(3)32)28(26)33)29-19-8-7-9-21(30)25(18)19/h7-11,13,15,24,29H,12,14H2,1-6H3. The Morgan fingerprint density at radius 2 is 1.81 bits per heavy atom. The molecular formula is C28H31N3O5. The van der Waals surface area contributed by atoms with E-state index in [1.165, 1.54) is 11.8 Å². The summed E-state index contributed by atoms with van der Waals surface area (Å²) in [5, 5.41) is 4.57. The number of amides is 2. The molecule has 0 bridgehead atoms. The summed E-state index contributed by atoms with van der Waals surface area (Å²) >= 11 is 0. The molecule has 2 aliphatic rings. The molecule has 1 unspecified atom stereocenters. The van der Waals surface area contributed by atoms with E-state index in [9.17, 15) is 9.59 Å². The minimum Gasteiger partial charge on any atom is -0.493 e. The minimum atomic E-state index is -0.447. The first-order valence-electron chi connectivity index (χ1n) is 12.0. The number of aromatic nitrogens is 1. The molecular weight excluding hydrogens is 458 g/mol. The van der Waals surface area contributed by atoms with Crippen molar-refractivity contribution in [1.29, 1.82) is 0 Å². The van der Waals surface area contributed by atoms with Crippen molar-refractivity contribution in [3.8, 4) is 17.2 Å². The van der Waals surface area contributed by atoms with Crippen LogP contribution in [0, 0.1) is 5.92 Å². The topological polar surface area (TPSA) is 82.0 Å². The van der Waals surface area contributed by atoms with Gasteiger partial charge in [-0.1, -0.05) is 19.9 Å². The lowest BCUT2D eigenvalue weighted by Gasteiger charge is -2.22. The molecule has 0 spiro atoms. The Morgan fingerprint density at radius 3 is 2.39 bits per heavy atom. The summed E-state index contributed by atoms with van der Waals surface area (Å²) in [6.07, 6.45) is 2.14. The number of nitrogens with one attached hydrogen (secondary N) is 1. The zero-order valence-corrected chi connectivity index (χ0v) is 21.5. The van der Waals surface area contributed by atoms with Crippen LogP contribution in [0.2, 0.25) is 0 Å². The fourth-order valence-electron chi connectivity index (χ4n) is 5.43. The highest BCUT2D eigenvalue weighted by atomic mass is 16.5. The van der Waals surface area contributed by atoms with E-state index in [2.05, 4.69) is 36.0 Å². The summed E-state index contributed by atoms with van der Waals surface area (Å²) in [7, 11) is 4.71. The maximum atomic E-state index is 13.7. The van der Waals surface area contributed by atoms with Crippen LogP contribution in [0.5, 0.6) is 17.2 Å². The van der Waals surface area contributed by atoms with Crippen molar-refractivity contribution in [2.75, 3.05) is 33.2 Å². The molecule has 2 aromatic carbocycles. The Labute approximate surface area is 210 Å². The summed E-state index contributed by atoms with van der Waals surface area (Å²) in [5.74, 6) is 0.908. The van der Waals surface area contributed by atoms with Crippen molar-refractivity contribution < 1.29 is 23.8 Å². The second kappa shape index (κ2) is 8.93. The molecule has 3 heterocycles. The number of carbonyl (C=O) groups is 2. The molecule has 5 rings (SSSR count). The average molecular weight is 490 g/mol. The molecule has 1 aromatic heterocycles. The van der Waals surface area contributed by atoms with Gasteiger partial charge in [0.25, 0.3) is 5.91 Å². The summed E-state index contributed by atoms with van der Waals surface area (Å²) in [6, 6.07) is 9.93. The van der Waals surface area contributed by atoms with Gasteiger partial charge in [0.15, 0.2) is 11.5 Å². The van der Waals surface area contributed by atoms with Crippen LogP contribution in [0.4, 0.5) is 5.69 Å². The predicted octanol–water partition coefficient (Wildman–Crippen LogP) is 4.52. The van der Waals surface area contributed by atoms with Gasteiger partial charge in [0, 0.05) is 42.4 Å². The molecule has 0 saturated carbocycles. The van der Waals surface area contributed by atoms with Gasteiger partial charge in [0.1, 0.15) is 0 Å². The second-order valence-electron chi connectivity index (χ2n) is 9.65. The monoisotopic (exact) mass is 489 g/mol. The molecule has 36 heavy (non-hydrogen) atoms. The molecule has 2 aliphatic heterocycles. The Morgan fingerprint density at radius 1 is 1.11 bits per heavy atom. The summed E-state index contributed by atoms with van der Waals surface area (Å²) < 4.78 is 19.1. The molecule has 8 heteroatoms. The third kappa shape index (κ3) is 3.59. The molecule has 2 amide bonds. The van der Waals surface area contributed by atoms with Crippen LogP contribution >= 0.6 is 0 Å². The van der Waals surface area contributed by atoms with E-state index < -0.39 is 5.92 Å². The third-order valence-corrected chi connectivity index (χ3v) is 6.90. The summed E-state index contributed by atoms with van der Waals surface area (Å²) in [6.45, 7) is 6.83. The zero-order chi connectivity index (χ0) is 25.7. The van der Waals surface area contributed by atoms with Gasteiger partial charge < -0.3 is 24.1 Å². The van der Waals surface area contributed by atoms with Crippen molar-refractivity contribution in [3.63, 3.8) is 0 Å². The molecule has 1 atom stereocenters. The highest BCUT2D eigenvalue weighted by Crippen LogP contribution is 2.49. The highest BCUT2D eigenvalue weighted by Gasteiger charge is 2.42. The van der Waals surface area contributed by atoms with Gasteiger partial charge in [-0.3, -0.25) is 14.5 Å². The van der Waals surface area contributed by atoms with E-state index >= 15 is 0 Å². The maximum Gasteiger partial charge on any atom is 0.259 e. The SMILES string of the molecule is COc1cc(C2C3=C(CN(C(C)=O)C3=O)Nc3cccc4c3c2cn4CC(C)C)cc(OC)c1OC. The number of benzene rings is 2. The first-order chi connectivity index (χ1) is 17.3. The Balaban J connectivity index is 1.83. The highest BCUT2D eigenvalue weighted by molar-refractivity contribution is 6.11. The van der Waals surface area contributed by atoms with Crippen LogP contribution in [0.15, 0.2) is 47.8 Å². The predicted molar refractivity (Wildman–Crippen MR) is 138 cm³/mol. The van der Waals surface area contributed by atoms with Crippen molar-refractivity contribution in [2.24, 2.45) is 5.92 Å². The van der Waals surface area contributed by atoms with Gasteiger partial charge in [-0.2, -0.15) is 0 Å². The van der Waals surface area contributed by atoms with Crippen LogP contribution in [-0.2, 0) is 16.1 Å². The smallest absolute Gasteiger partial charge is 0.259 e. The number of nitrogens with zero attached hydrogens (tertiary/aromatic N) is 2. The Hall–Kier alpha value is -3.94. The number of carbonyl (C=O) groups excluding carboxylic acids is 2. The van der Waals surface area contributed by atoms with Crippen LogP contribution in [0.3, 0.4) is 0 Å². The molecule has 188 valence electrons. The first kappa shape index (κ1) is 23.8. The van der Waals surface area contributed by atoms with Gasteiger partial charge >= 0.3 is 0 Å². The third-order valence-electron chi connectivity index (χ3n) is 6.90. The van der Waals surface area contributed by atoms with Gasteiger partial charge in [-0.15, -0.1) is 0 Å². The van der Waals surface area contributed by atoms with E-state index in [0.717, 1.165) is 40.0 Å². The van der Waals surface area contributed by atoms with E-state index in [1.807, 2.05) is 24.3 Å². The Kier molecular flexibility index (Phi) is 5.90. The fourth-order valence-corrected chi connectivity index (χ4v) is 5.43. The summed E-state index contributed by atoms with van der Waals surface area (Å²) in [5.41, 5.74) is 5.11. The largest absolute Gasteiger partial charge is 0.493 e. The molecule has 0 fully saturated rings. The molecule has 3 aromatic rings. The van der Waals surface area contributed by atoms with Crippen molar-refractivity contribution in [3.05, 3.63) is 58.9 Å². The number of imide groups is 1. The molecule has 0 radical (unpaired) electrons. The number of hydrogen-bond acceptors (Lipinski definition) is 6. The summed E-state index contributed by atoms with van der Waals surface area (Å²) in [4.78, 5) is 27.4. The number of rotatable bonds is 6. The molecule has 1 N–H and O–H groups in total. The lowest BCUT2D eigenvalue weighted by Crippen LogP contribution is -2.33. The number of methoxy groups -OCH3 is 3. The molecule has 0 aliphatic carbocycles. The molecule has 8 nitrogen and oxygen atoms in total. The van der Waals surface area contributed by atoms with E-state index in [1.54, 1.807) is 21.3 Å². The normalized spacial score (nSPS) is 16.8. The van der Waals surface area contributed by atoms with Crippen molar-refractivity contribution in [1.82, 2.24) is 9.47 Å². The van der Waals surface area contributed by atoms with E-state index in [0.29, 0.717) is 28.7 Å². The van der Waals surface area contributed by atoms with Crippen LogP contribution in [0.1, 0.15) is 37.8 Å². The molecule has 0 saturated heterocycles. The van der Waals surface area contributed by atoms with Gasteiger partial charge in [-0.25, -0.2) is 0 Å². The Bertz CT molecular complexity index is 1390. The van der Waals surface area contributed by atoms with E-state index in [-0.39, 0.29) is 18.4 Å². The number of ether oxygens (including phenoxy) is 3.